The van der Waals surface area contributed by atoms with Crippen molar-refractivity contribution in [1.29, 1.82) is 0 Å². The Morgan fingerprint density at radius 3 is 2.58 bits per heavy atom. The Hall–Kier alpha value is -2.85. The number of rotatable bonds is 12. The van der Waals surface area contributed by atoms with Crippen LogP contribution in [0, 0.1) is 11.1 Å². The van der Waals surface area contributed by atoms with Crippen LogP contribution in [0.5, 0.6) is 11.5 Å². The number of pyridine rings is 1. The molecule has 3 aromatic rings. The van der Waals surface area contributed by atoms with Crippen LogP contribution in [0.3, 0.4) is 0 Å². The van der Waals surface area contributed by atoms with Gasteiger partial charge in [-0.25, -0.2) is 18.2 Å². The molecule has 0 radical (unpaired) electrons. The van der Waals surface area contributed by atoms with Crippen molar-refractivity contribution < 1.29 is 40.9 Å². The SMILES string of the molecule is Cn1cnc(S(=O)(=O)N2CCS[C@H]2C(=O)O[C@@H](Cc2c(Cl)c[n+]([O-])cc2Cl)c2ccc(OC(F)F)c(OCC3CC3)c2)c1. The summed E-state index contributed by atoms with van der Waals surface area (Å²) in [5, 5.41) is 10.4. The van der Waals surface area contributed by atoms with E-state index in [9.17, 15) is 27.2 Å². The summed E-state index contributed by atoms with van der Waals surface area (Å²) in [5.74, 6) is -0.435. The molecule has 0 bridgehead atoms. The molecule has 0 unspecified atom stereocenters. The Morgan fingerprint density at radius 2 is 1.95 bits per heavy atom. The van der Waals surface area contributed by atoms with Crippen LogP contribution in [0.2, 0.25) is 10.0 Å². The van der Waals surface area contributed by atoms with Gasteiger partial charge in [-0.1, -0.05) is 29.3 Å². The summed E-state index contributed by atoms with van der Waals surface area (Å²) in [6, 6.07) is 4.11. The standard InChI is InChI=1S/C26H26Cl2F2N4O7S2/c1-32-12-23(31-14-32)43(37,38)34-6-7-42-24(34)25(35)40-21(9-17-18(27)10-33(36)11-19(17)28)16-4-5-20(41-26(29)30)22(8-16)39-13-15-2-3-15/h4-5,8,10-12,14-15,21,24,26H,2-3,6-7,9,13H2,1H3/t21-,24-/m0/s1. The van der Waals surface area contributed by atoms with E-state index in [1.807, 2.05) is 0 Å². The molecule has 1 saturated heterocycles. The molecule has 2 aliphatic rings. The van der Waals surface area contributed by atoms with E-state index < -0.39 is 34.1 Å². The van der Waals surface area contributed by atoms with Gasteiger partial charge in [-0.05, 0) is 36.5 Å². The number of hydrogen-bond donors (Lipinski definition) is 0. The number of aromatic nitrogens is 3. The first-order valence-corrected chi connectivity index (χ1v) is 16.3. The maximum absolute atomic E-state index is 13.6. The highest BCUT2D eigenvalue weighted by Crippen LogP contribution is 2.39. The van der Waals surface area contributed by atoms with Crippen molar-refractivity contribution in [3.63, 3.8) is 0 Å². The lowest BCUT2D eigenvalue weighted by Crippen LogP contribution is -2.41. The lowest BCUT2D eigenvalue weighted by atomic mass is 10.0. The number of esters is 1. The van der Waals surface area contributed by atoms with Crippen LogP contribution in [-0.2, 0) is 33.0 Å². The Balaban J connectivity index is 1.47. The third-order valence-electron chi connectivity index (χ3n) is 6.74. The highest BCUT2D eigenvalue weighted by Gasteiger charge is 2.43. The molecule has 0 amide bonds. The Morgan fingerprint density at radius 1 is 1.23 bits per heavy atom. The number of hydrogen-bond acceptors (Lipinski definition) is 9. The monoisotopic (exact) mass is 678 g/mol. The number of imidazole rings is 1. The second-order valence-corrected chi connectivity index (χ2v) is 13.8. The van der Waals surface area contributed by atoms with Crippen LogP contribution < -0.4 is 14.2 Å². The van der Waals surface area contributed by atoms with Crippen molar-refractivity contribution >= 4 is 51.0 Å². The Labute approximate surface area is 260 Å². The molecule has 11 nitrogen and oxygen atoms in total. The van der Waals surface area contributed by atoms with Crippen LogP contribution in [0.15, 0.2) is 48.1 Å². The van der Waals surface area contributed by atoms with Crippen molar-refractivity contribution in [3.05, 3.63) is 69.5 Å². The van der Waals surface area contributed by atoms with Crippen LogP contribution in [0.25, 0.3) is 0 Å². The van der Waals surface area contributed by atoms with Gasteiger partial charge in [0.05, 0.1) is 12.9 Å². The number of alkyl halides is 2. The molecule has 232 valence electrons. The molecule has 1 aliphatic carbocycles. The number of aryl methyl sites for hydroxylation is 1. The fourth-order valence-corrected chi connectivity index (χ4v) is 8.00. The van der Waals surface area contributed by atoms with Gasteiger partial charge in [0, 0.05) is 37.5 Å². The van der Waals surface area contributed by atoms with Crippen molar-refractivity contribution in [2.75, 3.05) is 18.9 Å². The zero-order valence-corrected chi connectivity index (χ0v) is 25.7. The van der Waals surface area contributed by atoms with Crippen molar-refractivity contribution in [2.45, 2.75) is 42.4 Å². The molecule has 2 atom stereocenters. The van der Waals surface area contributed by atoms with E-state index in [1.165, 1.54) is 35.3 Å². The third kappa shape index (κ3) is 7.45. The molecule has 43 heavy (non-hydrogen) atoms. The lowest BCUT2D eigenvalue weighted by molar-refractivity contribution is -0.605. The van der Waals surface area contributed by atoms with E-state index in [1.54, 1.807) is 7.05 Å². The minimum absolute atomic E-state index is 0.000933. The van der Waals surface area contributed by atoms with Crippen molar-refractivity contribution in [3.8, 4) is 11.5 Å². The van der Waals surface area contributed by atoms with Crippen LogP contribution >= 0.6 is 35.0 Å². The third-order valence-corrected chi connectivity index (χ3v) is 10.5. The minimum Gasteiger partial charge on any atom is -0.619 e. The summed E-state index contributed by atoms with van der Waals surface area (Å²) in [7, 11) is -2.51. The molecular weight excluding hydrogens is 653 g/mol. The molecule has 2 fully saturated rings. The minimum atomic E-state index is -4.13. The van der Waals surface area contributed by atoms with E-state index >= 15 is 0 Å². The molecule has 1 saturated carbocycles. The van der Waals surface area contributed by atoms with Gasteiger partial charge in [-0.15, -0.1) is 11.8 Å². The van der Waals surface area contributed by atoms with E-state index in [-0.39, 0.29) is 51.7 Å². The van der Waals surface area contributed by atoms with Crippen molar-refractivity contribution in [2.24, 2.45) is 13.0 Å². The zero-order valence-electron chi connectivity index (χ0n) is 22.6. The average molecular weight is 680 g/mol. The molecule has 5 rings (SSSR count). The number of thioether (sulfide) groups is 1. The summed E-state index contributed by atoms with van der Waals surface area (Å²) in [4.78, 5) is 17.5. The summed E-state index contributed by atoms with van der Waals surface area (Å²) in [5.41, 5.74) is 0.590. The lowest BCUT2D eigenvalue weighted by Gasteiger charge is -2.25. The smallest absolute Gasteiger partial charge is 0.387 e. The first-order valence-electron chi connectivity index (χ1n) is 13.0. The fourth-order valence-electron chi connectivity index (χ4n) is 4.39. The summed E-state index contributed by atoms with van der Waals surface area (Å²) in [6.45, 7) is -2.77. The zero-order chi connectivity index (χ0) is 30.9. The predicted molar refractivity (Wildman–Crippen MR) is 153 cm³/mol. The number of carbonyl (C=O) groups is 1. The highest BCUT2D eigenvalue weighted by molar-refractivity contribution is 8.02. The molecule has 3 heterocycles. The second kappa shape index (κ2) is 13.0. The molecule has 17 heteroatoms. The van der Waals surface area contributed by atoms with Gasteiger partial charge < -0.3 is 24.0 Å². The summed E-state index contributed by atoms with van der Waals surface area (Å²) < 4.78 is 72.1. The van der Waals surface area contributed by atoms with E-state index in [0.717, 1.165) is 41.3 Å². The maximum atomic E-state index is 13.6. The van der Waals surface area contributed by atoms with Gasteiger partial charge in [0.1, 0.15) is 16.1 Å². The molecule has 1 aliphatic heterocycles. The number of carbonyl (C=O) groups excluding carboxylic acids is 1. The summed E-state index contributed by atoms with van der Waals surface area (Å²) in [6.07, 6.45) is 5.46. The van der Waals surface area contributed by atoms with Gasteiger partial charge in [-0.3, -0.25) is 0 Å². The first-order chi connectivity index (χ1) is 20.4. The molecule has 0 spiro atoms. The fraction of sp³-hybridized carbons (Fsp3) is 0.423. The number of sulfonamides is 1. The quantitative estimate of drug-likeness (QED) is 0.156. The van der Waals surface area contributed by atoms with Crippen molar-refractivity contribution in [1.82, 2.24) is 13.9 Å². The van der Waals surface area contributed by atoms with Crippen LogP contribution in [0.1, 0.15) is 30.1 Å². The van der Waals surface area contributed by atoms with Gasteiger partial charge in [0.15, 0.2) is 34.3 Å². The normalized spacial score (nSPS) is 18.1. The van der Waals surface area contributed by atoms with E-state index in [4.69, 9.17) is 32.7 Å². The van der Waals surface area contributed by atoms with E-state index in [0.29, 0.717) is 22.0 Å². The average Bonchev–Trinajstić information content (AvgIpc) is 3.42. The maximum Gasteiger partial charge on any atom is 0.387 e. The van der Waals surface area contributed by atoms with Gasteiger partial charge in [0.25, 0.3) is 10.0 Å². The van der Waals surface area contributed by atoms with Gasteiger partial charge in [-0.2, -0.15) is 17.8 Å². The number of nitrogens with zero attached hydrogens (tertiary/aromatic N) is 4. The van der Waals surface area contributed by atoms with E-state index in [2.05, 4.69) is 9.72 Å². The Bertz CT molecular complexity index is 1580. The van der Waals surface area contributed by atoms with Crippen LogP contribution in [0.4, 0.5) is 8.78 Å². The molecule has 0 N–H and O–H groups in total. The van der Waals surface area contributed by atoms with Gasteiger partial charge >= 0.3 is 12.6 Å². The molecule has 1 aromatic carbocycles. The largest absolute Gasteiger partial charge is 0.619 e. The van der Waals surface area contributed by atoms with Crippen LogP contribution in [-0.4, -0.2) is 59.1 Å². The first kappa shape index (κ1) is 31.6. The Kier molecular flexibility index (Phi) is 9.56. The van der Waals surface area contributed by atoms with Gasteiger partial charge in [0.2, 0.25) is 0 Å². The number of ether oxygens (including phenoxy) is 3. The number of halogens is 4. The molecule has 2 aromatic heterocycles. The number of benzene rings is 1. The highest BCUT2D eigenvalue weighted by atomic mass is 35.5. The molecular formula is C26H26Cl2F2N4O7S2. The topological polar surface area (TPSA) is 127 Å². The summed E-state index contributed by atoms with van der Waals surface area (Å²) >= 11 is 13.7. The second-order valence-electron chi connectivity index (χ2n) is 9.98. The predicted octanol–water partition coefficient (Wildman–Crippen LogP) is 4.34.